The Morgan fingerprint density at radius 2 is 1.93 bits per heavy atom. The normalized spacial score (nSPS) is 18.0. The first-order chi connectivity index (χ1) is 14.7. The topological polar surface area (TPSA) is 116 Å². The smallest absolute Gasteiger partial charge is 0.267 e. The monoisotopic (exact) mass is 418 g/mol. The molecule has 5 rings (SSSR count). The maximum absolute atomic E-state index is 11.2. The molecule has 0 saturated heterocycles. The number of primary amides is 1. The first-order valence-corrected chi connectivity index (χ1v) is 10.3. The van der Waals surface area contributed by atoms with Gasteiger partial charge < -0.3 is 15.8 Å². The predicted molar refractivity (Wildman–Crippen MR) is 114 cm³/mol. The lowest BCUT2D eigenvalue weighted by Gasteiger charge is -2.35. The Morgan fingerprint density at radius 3 is 2.70 bits per heavy atom. The van der Waals surface area contributed by atoms with E-state index in [0.29, 0.717) is 23.2 Å². The average molecular weight is 418 g/mol. The van der Waals surface area contributed by atoms with Crippen molar-refractivity contribution in [1.29, 1.82) is 0 Å². The maximum atomic E-state index is 11.2. The van der Waals surface area contributed by atoms with E-state index in [1.807, 2.05) is 18.2 Å². The van der Waals surface area contributed by atoms with Crippen molar-refractivity contribution in [3.05, 3.63) is 60.7 Å². The van der Waals surface area contributed by atoms with E-state index in [-0.39, 0.29) is 11.8 Å². The van der Waals surface area contributed by atoms with Crippen molar-refractivity contribution in [2.75, 3.05) is 5.32 Å². The molecule has 8 nitrogen and oxygen atoms in total. The number of carbonyl (C=O) groups is 1. The van der Waals surface area contributed by atoms with Crippen molar-refractivity contribution < 1.29 is 9.53 Å². The van der Waals surface area contributed by atoms with E-state index in [9.17, 15) is 4.79 Å². The zero-order chi connectivity index (χ0) is 20.5. The van der Waals surface area contributed by atoms with Crippen LogP contribution >= 0.6 is 11.3 Å². The number of carbonyl (C=O) groups excluding carboxylic acids is 1. The summed E-state index contributed by atoms with van der Waals surface area (Å²) in [6.45, 7) is 0. The lowest BCUT2D eigenvalue weighted by atomic mass is 9.89. The molecule has 0 aliphatic heterocycles. The number of nitrogens with zero attached hydrogens (tertiary/aromatic N) is 4. The number of ether oxygens (including phenoxy) is 1. The van der Waals surface area contributed by atoms with Gasteiger partial charge in [-0.05, 0) is 24.3 Å². The summed E-state index contributed by atoms with van der Waals surface area (Å²) in [6, 6.07) is 11.7. The lowest BCUT2D eigenvalue weighted by Crippen LogP contribution is -2.42. The summed E-state index contributed by atoms with van der Waals surface area (Å²) in [5.41, 5.74) is 7.76. The molecule has 30 heavy (non-hydrogen) atoms. The average Bonchev–Trinajstić information content (AvgIpc) is 3.15. The van der Waals surface area contributed by atoms with Gasteiger partial charge in [-0.25, -0.2) is 15.0 Å². The van der Waals surface area contributed by atoms with Gasteiger partial charge >= 0.3 is 0 Å². The van der Waals surface area contributed by atoms with Crippen molar-refractivity contribution >= 4 is 32.6 Å². The minimum Gasteiger partial charge on any atom is -0.473 e. The van der Waals surface area contributed by atoms with Gasteiger partial charge in [0.05, 0.1) is 10.2 Å². The number of hydrogen-bond acceptors (Lipinski definition) is 8. The molecular weight excluding hydrogens is 400 g/mol. The van der Waals surface area contributed by atoms with Gasteiger partial charge in [0.15, 0.2) is 5.13 Å². The van der Waals surface area contributed by atoms with Gasteiger partial charge in [0, 0.05) is 43.0 Å². The SMILES string of the molecule is NC(=O)c1ccc(-c2nccnc2OC2CC(Nc3nc4ccccc4s3)C2)cn1. The number of rotatable bonds is 6. The second kappa shape index (κ2) is 7.68. The summed E-state index contributed by atoms with van der Waals surface area (Å²) >= 11 is 1.66. The van der Waals surface area contributed by atoms with Crippen LogP contribution in [0.15, 0.2) is 55.0 Å². The summed E-state index contributed by atoms with van der Waals surface area (Å²) in [6.07, 6.45) is 6.50. The fraction of sp³-hybridized carbons (Fsp3) is 0.190. The highest BCUT2D eigenvalue weighted by Gasteiger charge is 2.32. The number of amides is 1. The second-order valence-electron chi connectivity index (χ2n) is 7.05. The van der Waals surface area contributed by atoms with Crippen LogP contribution in [-0.4, -0.2) is 38.0 Å². The molecular formula is C21H18N6O2S. The molecule has 1 aromatic carbocycles. The molecule has 0 atom stereocenters. The number of pyridine rings is 1. The van der Waals surface area contributed by atoms with Crippen LogP contribution in [0.4, 0.5) is 5.13 Å². The Bertz CT molecular complexity index is 1170. The largest absolute Gasteiger partial charge is 0.473 e. The van der Waals surface area contributed by atoms with Crippen molar-refractivity contribution in [2.24, 2.45) is 5.73 Å². The number of nitrogens with two attached hydrogens (primary N) is 1. The van der Waals surface area contributed by atoms with Gasteiger partial charge in [-0.2, -0.15) is 0 Å². The molecule has 150 valence electrons. The predicted octanol–water partition coefficient (Wildman–Crippen LogP) is 3.27. The maximum Gasteiger partial charge on any atom is 0.267 e. The number of fused-ring (bicyclic) bond motifs is 1. The Balaban J connectivity index is 1.24. The number of anilines is 1. The fourth-order valence-electron chi connectivity index (χ4n) is 3.34. The second-order valence-corrected chi connectivity index (χ2v) is 8.08. The number of hydrogen-bond donors (Lipinski definition) is 2. The van der Waals surface area contributed by atoms with Crippen LogP contribution in [-0.2, 0) is 0 Å². The summed E-state index contributed by atoms with van der Waals surface area (Å²) in [5, 5.41) is 4.42. The van der Waals surface area contributed by atoms with E-state index in [0.717, 1.165) is 23.5 Å². The number of para-hydroxylation sites is 1. The molecule has 1 amide bonds. The van der Waals surface area contributed by atoms with Crippen LogP contribution < -0.4 is 15.8 Å². The first kappa shape index (κ1) is 18.4. The molecule has 1 saturated carbocycles. The van der Waals surface area contributed by atoms with E-state index >= 15 is 0 Å². The highest BCUT2D eigenvalue weighted by atomic mass is 32.1. The molecule has 0 bridgehead atoms. The molecule has 0 unspecified atom stereocenters. The van der Waals surface area contributed by atoms with Gasteiger partial charge in [0.2, 0.25) is 5.88 Å². The zero-order valence-electron chi connectivity index (χ0n) is 15.9. The third kappa shape index (κ3) is 3.67. The van der Waals surface area contributed by atoms with E-state index in [1.54, 1.807) is 42.1 Å². The van der Waals surface area contributed by atoms with Crippen LogP contribution in [0.25, 0.3) is 21.5 Å². The van der Waals surface area contributed by atoms with Crippen molar-refractivity contribution in [1.82, 2.24) is 19.9 Å². The van der Waals surface area contributed by atoms with Gasteiger partial charge in [0.25, 0.3) is 5.91 Å². The Morgan fingerprint density at radius 1 is 1.10 bits per heavy atom. The van der Waals surface area contributed by atoms with Crippen LogP contribution in [0.3, 0.4) is 0 Å². The summed E-state index contributed by atoms with van der Waals surface area (Å²) in [5.74, 6) is -0.118. The molecule has 3 N–H and O–H groups in total. The molecule has 1 aliphatic rings. The molecule has 4 aromatic rings. The number of aromatic nitrogens is 4. The zero-order valence-corrected chi connectivity index (χ0v) is 16.7. The van der Waals surface area contributed by atoms with Gasteiger partial charge in [0.1, 0.15) is 17.5 Å². The minimum absolute atomic E-state index is 0.0465. The van der Waals surface area contributed by atoms with Crippen molar-refractivity contribution in [2.45, 2.75) is 25.0 Å². The van der Waals surface area contributed by atoms with Crippen molar-refractivity contribution in [3.8, 4) is 17.1 Å². The van der Waals surface area contributed by atoms with Crippen LogP contribution in [0.2, 0.25) is 0 Å². The molecule has 3 aromatic heterocycles. The third-order valence-corrected chi connectivity index (χ3v) is 5.92. The molecule has 1 fully saturated rings. The molecule has 0 spiro atoms. The fourth-order valence-corrected chi connectivity index (χ4v) is 4.28. The molecule has 3 heterocycles. The lowest BCUT2D eigenvalue weighted by molar-refractivity contribution is 0.0995. The third-order valence-electron chi connectivity index (χ3n) is 4.95. The molecule has 1 aliphatic carbocycles. The molecule has 9 heteroatoms. The number of benzene rings is 1. The Hall–Kier alpha value is -3.59. The minimum atomic E-state index is -0.571. The van der Waals surface area contributed by atoms with Gasteiger partial charge in [-0.1, -0.05) is 23.5 Å². The van der Waals surface area contributed by atoms with Gasteiger partial charge in [-0.3, -0.25) is 9.78 Å². The Kier molecular flexibility index (Phi) is 4.72. The standard InChI is InChI=1S/C21H18N6O2S/c22-19(28)16-6-5-12(11-25-16)18-20(24-8-7-23-18)29-14-9-13(10-14)26-21-27-15-3-1-2-4-17(15)30-21/h1-8,11,13-14H,9-10H2,(H2,22,28)(H,26,27). The first-order valence-electron chi connectivity index (χ1n) is 9.52. The van der Waals surface area contributed by atoms with Crippen LogP contribution in [0, 0.1) is 0 Å². The van der Waals surface area contributed by atoms with E-state index < -0.39 is 5.91 Å². The highest BCUT2D eigenvalue weighted by molar-refractivity contribution is 7.22. The Labute approximate surface area is 176 Å². The van der Waals surface area contributed by atoms with E-state index in [2.05, 4.69) is 31.3 Å². The van der Waals surface area contributed by atoms with E-state index in [4.69, 9.17) is 10.5 Å². The summed E-state index contributed by atoms with van der Waals surface area (Å²) < 4.78 is 7.26. The van der Waals surface area contributed by atoms with Gasteiger partial charge in [-0.15, -0.1) is 0 Å². The van der Waals surface area contributed by atoms with E-state index in [1.165, 1.54) is 4.70 Å². The number of nitrogens with one attached hydrogen (secondary N) is 1. The summed E-state index contributed by atoms with van der Waals surface area (Å²) in [4.78, 5) is 28.6. The number of thiazole rings is 1. The summed E-state index contributed by atoms with van der Waals surface area (Å²) in [7, 11) is 0. The highest BCUT2D eigenvalue weighted by Crippen LogP contribution is 2.33. The van der Waals surface area contributed by atoms with Crippen molar-refractivity contribution in [3.63, 3.8) is 0 Å². The van der Waals surface area contributed by atoms with Crippen LogP contribution in [0.5, 0.6) is 5.88 Å². The molecule has 0 radical (unpaired) electrons. The van der Waals surface area contributed by atoms with Crippen LogP contribution in [0.1, 0.15) is 23.3 Å². The quantitative estimate of drug-likeness (QED) is 0.494.